The van der Waals surface area contributed by atoms with Gasteiger partial charge >= 0.3 is 0 Å². The minimum absolute atomic E-state index is 0.0668. The van der Waals surface area contributed by atoms with Crippen LogP contribution >= 0.6 is 0 Å². The molecule has 112 valence electrons. The van der Waals surface area contributed by atoms with Crippen LogP contribution in [-0.4, -0.2) is 28.5 Å². The molecule has 21 heavy (non-hydrogen) atoms. The average molecular weight is 290 g/mol. The molecule has 0 saturated carbocycles. The highest BCUT2D eigenvalue weighted by Crippen LogP contribution is 2.18. The Hall–Kier alpha value is -2.30. The van der Waals surface area contributed by atoms with Gasteiger partial charge in [0.05, 0.1) is 6.42 Å². The van der Waals surface area contributed by atoms with E-state index in [-0.39, 0.29) is 23.6 Å². The smallest absolute Gasteiger partial charge is 0.228 e. The van der Waals surface area contributed by atoms with Crippen molar-refractivity contribution in [2.24, 2.45) is 0 Å². The third kappa shape index (κ3) is 4.08. The van der Waals surface area contributed by atoms with E-state index in [9.17, 15) is 14.3 Å². The lowest BCUT2D eigenvalue weighted by molar-refractivity contribution is -0.119. The molecule has 0 spiro atoms. The number of amides is 1. The van der Waals surface area contributed by atoms with E-state index in [1.807, 2.05) is 18.4 Å². The van der Waals surface area contributed by atoms with Crippen LogP contribution in [-0.2, 0) is 11.2 Å². The number of rotatable bonds is 4. The second-order valence-electron chi connectivity index (χ2n) is 5.26. The van der Waals surface area contributed by atoms with Crippen molar-refractivity contribution < 1.29 is 14.3 Å². The fraction of sp³-hybridized carbons (Fsp3) is 0.312. The molecule has 2 rings (SSSR count). The molecular weight excluding hydrogens is 271 g/mol. The molecule has 1 aromatic rings. The molecule has 0 aromatic heterocycles. The van der Waals surface area contributed by atoms with E-state index >= 15 is 0 Å². The first-order valence-electron chi connectivity index (χ1n) is 6.87. The molecule has 0 fully saturated rings. The SMILES string of the molecule is CC(C)N1C=CC(NC(=O)Cc2cc(F)ccc2O)=CC1. The largest absolute Gasteiger partial charge is 0.508 e. The molecule has 1 aliphatic heterocycles. The van der Waals surface area contributed by atoms with Crippen LogP contribution in [0.25, 0.3) is 0 Å². The Morgan fingerprint density at radius 3 is 2.86 bits per heavy atom. The predicted octanol–water partition coefficient (Wildman–Crippen LogP) is 2.31. The number of aromatic hydroxyl groups is 1. The number of carbonyl (C=O) groups excluding carboxylic acids is 1. The Balaban J connectivity index is 1.94. The van der Waals surface area contributed by atoms with Crippen LogP contribution in [0.15, 0.2) is 42.2 Å². The topological polar surface area (TPSA) is 52.6 Å². The van der Waals surface area contributed by atoms with Crippen molar-refractivity contribution in [3.63, 3.8) is 0 Å². The van der Waals surface area contributed by atoms with Crippen molar-refractivity contribution in [2.75, 3.05) is 6.54 Å². The van der Waals surface area contributed by atoms with Gasteiger partial charge in [0, 0.05) is 30.0 Å². The van der Waals surface area contributed by atoms with E-state index in [2.05, 4.69) is 24.1 Å². The van der Waals surface area contributed by atoms with Crippen LogP contribution in [0, 0.1) is 5.82 Å². The summed E-state index contributed by atoms with van der Waals surface area (Å²) >= 11 is 0. The third-order valence-electron chi connectivity index (χ3n) is 3.31. The van der Waals surface area contributed by atoms with Gasteiger partial charge in [-0.3, -0.25) is 4.79 Å². The van der Waals surface area contributed by atoms with Crippen LogP contribution in [0.5, 0.6) is 5.75 Å². The lowest BCUT2D eigenvalue weighted by Crippen LogP contribution is -2.31. The quantitative estimate of drug-likeness (QED) is 0.894. The summed E-state index contributed by atoms with van der Waals surface area (Å²) < 4.78 is 13.1. The van der Waals surface area contributed by atoms with Gasteiger partial charge in [-0.25, -0.2) is 4.39 Å². The highest BCUT2D eigenvalue weighted by Gasteiger charge is 2.12. The van der Waals surface area contributed by atoms with Crippen molar-refractivity contribution in [1.82, 2.24) is 10.2 Å². The number of nitrogens with zero attached hydrogens (tertiary/aromatic N) is 1. The van der Waals surface area contributed by atoms with E-state index in [1.54, 1.807) is 0 Å². The maximum Gasteiger partial charge on any atom is 0.228 e. The zero-order chi connectivity index (χ0) is 15.4. The van der Waals surface area contributed by atoms with Crippen LogP contribution in [0.1, 0.15) is 19.4 Å². The molecule has 1 amide bonds. The number of hydrogen-bond acceptors (Lipinski definition) is 3. The Bertz CT molecular complexity index is 594. The monoisotopic (exact) mass is 290 g/mol. The van der Waals surface area contributed by atoms with Gasteiger partial charge in [-0.05, 0) is 44.2 Å². The highest BCUT2D eigenvalue weighted by atomic mass is 19.1. The zero-order valence-corrected chi connectivity index (χ0v) is 12.1. The number of benzene rings is 1. The molecular formula is C16H19FN2O2. The second-order valence-corrected chi connectivity index (χ2v) is 5.26. The first-order valence-corrected chi connectivity index (χ1v) is 6.87. The molecule has 5 heteroatoms. The van der Waals surface area contributed by atoms with E-state index in [0.29, 0.717) is 11.7 Å². The number of nitrogens with one attached hydrogen (secondary N) is 1. The minimum atomic E-state index is -0.472. The summed E-state index contributed by atoms with van der Waals surface area (Å²) in [6, 6.07) is 3.97. The first-order chi connectivity index (χ1) is 9.95. The molecule has 1 aromatic carbocycles. The molecule has 0 radical (unpaired) electrons. The number of phenolic OH excluding ortho intramolecular Hbond substituents is 1. The lowest BCUT2D eigenvalue weighted by atomic mass is 10.1. The summed E-state index contributed by atoms with van der Waals surface area (Å²) in [7, 11) is 0. The number of halogens is 1. The minimum Gasteiger partial charge on any atom is -0.508 e. The lowest BCUT2D eigenvalue weighted by Gasteiger charge is -2.26. The highest BCUT2D eigenvalue weighted by molar-refractivity contribution is 5.81. The number of phenols is 1. The normalized spacial score (nSPS) is 14.3. The van der Waals surface area contributed by atoms with E-state index in [1.165, 1.54) is 12.1 Å². The number of allylic oxidation sites excluding steroid dienone is 1. The van der Waals surface area contributed by atoms with Crippen molar-refractivity contribution in [3.8, 4) is 5.75 Å². The number of carbonyl (C=O) groups is 1. The first kappa shape index (κ1) is 15.1. The summed E-state index contributed by atoms with van der Waals surface area (Å²) in [5.41, 5.74) is 0.990. The third-order valence-corrected chi connectivity index (χ3v) is 3.31. The Labute approximate surface area is 123 Å². The molecule has 0 aliphatic carbocycles. The molecule has 0 unspecified atom stereocenters. The molecule has 4 nitrogen and oxygen atoms in total. The summed E-state index contributed by atoms with van der Waals surface area (Å²) in [6.07, 6.45) is 5.61. The van der Waals surface area contributed by atoms with Gasteiger partial charge in [-0.15, -0.1) is 0 Å². The van der Waals surface area contributed by atoms with Gasteiger partial charge in [-0.1, -0.05) is 0 Å². The second kappa shape index (κ2) is 6.43. The van der Waals surface area contributed by atoms with E-state index in [0.717, 1.165) is 12.6 Å². The summed E-state index contributed by atoms with van der Waals surface area (Å²) in [5, 5.41) is 12.4. The van der Waals surface area contributed by atoms with Crippen LogP contribution in [0.3, 0.4) is 0 Å². The van der Waals surface area contributed by atoms with E-state index in [4.69, 9.17) is 0 Å². The van der Waals surface area contributed by atoms with Crippen LogP contribution in [0.2, 0.25) is 0 Å². The van der Waals surface area contributed by atoms with Crippen molar-refractivity contribution in [3.05, 3.63) is 53.6 Å². The maximum atomic E-state index is 13.1. The average Bonchev–Trinajstić information content (AvgIpc) is 2.43. The van der Waals surface area contributed by atoms with Crippen molar-refractivity contribution in [1.29, 1.82) is 0 Å². The van der Waals surface area contributed by atoms with Gasteiger partial charge < -0.3 is 15.3 Å². The summed E-state index contributed by atoms with van der Waals surface area (Å²) in [6.45, 7) is 4.91. The molecule has 1 heterocycles. The van der Waals surface area contributed by atoms with Gasteiger partial charge in [0.15, 0.2) is 0 Å². The fourth-order valence-electron chi connectivity index (χ4n) is 2.06. The van der Waals surface area contributed by atoms with E-state index < -0.39 is 5.82 Å². The van der Waals surface area contributed by atoms with Gasteiger partial charge in [0.2, 0.25) is 5.91 Å². The Kier molecular flexibility index (Phi) is 4.62. The Morgan fingerprint density at radius 1 is 1.48 bits per heavy atom. The molecule has 2 N–H and O–H groups in total. The molecule has 0 bridgehead atoms. The Morgan fingerprint density at radius 2 is 2.24 bits per heavy atom. The maximum absolute atomic E-state index is 13.1. The van der Waals surface area contributed by atoms with Gasteiger partial charge in [0.25, 0.3) is 0 Å². The van der Waals surface area contributed by atoms with Crippen LogP contribution < -0.4 is 5.32 Å². The summed E-state index contributed by atoms with van der Waals surface area (Å²) in [4.78, 5) is 14.1. The van der Waals surface area contributed by atoms with Crippen LogP contribution in [0.4, 0.5) is 4.39 Å². The standard InChI is InChI=1S/C16H19FN2O2/c1-11(2)19-7-5-14(6-8-19)18-16(21)10-12-9-13(17)3-4-15(12)20/h3-7,9,11,20H,8,10H2,1-2H3,(H,18,21). The predicted molar refractivity (Wildman–Crippen MR) is 79.0 cm³/mol. The summed E-state index contributed by atoms with van der Waals surface area (Å²) in [5.74, 6) is -0.838. The number of hydrogen-bond donors (Lipinski definition) is 2. The molecule has 1 aliphatic rings. The molecule has 0 atom stereocenters. The van der Waals surface area contributed by atoms with Gasteiger partial charge in [-0.2, -0.15) is 0 Å². The zero-order valence-electron chi connectivity index (χ0n) is 12.1. The fourth-order valence-corrected chi connectivity index (χ4v) is 2.06. The van der Waals surface area contributed by atoms with Crippen molar-refractivity contribution in [2.45, 2.75) is 26.3 Å². The van der Waals surface area contributed by atoms with Gasteiger partial charge in [0.1, 0.15) is 11.6 Å². The molecule has 0 saturated heterocycles. The van der Waals surface area contributed by atoms with Crippen molar-refractivity contribution >= 4 is 5.91 Å².